The van der Waals surface area contributed by atoms with Gasteiger partial charge in [0.25, 0.3) is 0 Å². The molecule has 0 saturated heterocycles. The van der Waals surface area contributed by atoms with Gasteiger partial charge in [0.05, 0.1) is 0 Å². The number of benzene rings is 1. The van der Waals surface area contributed by atoms with Crippen LogP contribution in [-0.4, -0.2) is 20.4 Å². The van der Waals surface area contributed by atoms with E-state index >= 15 is 0 Å². The van der Waals surface area contributed by atoms with Crippen LogP contribution in [0.25, 0.3) is 6.08 Å². The van der Waals surface area contributed by atoms with Crippen molar-refractivity contribution < 1.29 is 4.74 Å². The summed E-state index contributed by atoms with van der Waals surface area (Å²) in [7, 11) is 1.77. The normalized spacial score (nSPS) is 12.7. The molecule has 1 aromatic rings. The Morgan fingerprint density at radius 1 is 1.14 bits per heavy atom. The van der Waals surface area contributed by atoms with Crippen molar-refractivity contribution in [1.82, 2.24) is 0 Å². The summed E-state index contributed by atoms with van der Waals surface area (Å²) < 4.78 is 6.65. The second kappa shape index (κ2) is 4.69. The van der Waals surface area contributed by atoms with Gasteiger partial charge in [-0.1, -0.05) is 0 Å². The van der Waals surface area contributed by atoms with Crippen molar-refractivity contribution in [3.8, 4) is 0 Å². The average molecular weight is 251 g/mol. The van der Waals surface area contributed by atoms with Crippen molar-refractivity contribution in [2.24, 2.45) is 0 Å². The number of hydrogen-bond acceptors (Lipinski definition) is 1. The Morgan fingerprint density at radius 3 is 2.14 bits per heavy atom. The predicted octanol–water partition coefficient (Wildman–Crippen LogP) is 3.55. The molecule has 0 radical (unpaired) electrons. The molecule has 0 unspecified atom stereocenters. The molecule has 76 valence electrons. The first-order valence-corrected chi connectivity index (χ1v) is 12.2. The van der Waals surface area contributed by atoms with Crippen LogP contribution in [0, 0.1) is 0 Å². The van der Waals surface area contributed by atoms with Gasteiger partial charge in [0.2, 0.25) is 0 Å². The van der Waals surface area contributed by atoms with E-state index in [1.807, 2.05) is 6.07 Å². The van der Waals surface area contributed by atoms with Crippen LogP contribution in [0.5, 0.6) is 0 Å². The molecule has 0 aromatic heterocycles. The molecule has 1 aromatic carbocycles. The van der Waals surface area contributed by atoms with E-state index in [2.05, 4.69) is 47.6 Å². The summed E-state index contributed by atoms with van der Waals surface area (Å²) >= 11 is -1.82. The van der Waals surface area contributed by atoms with Crippen molar-refractivity contribution in [3.05, 3.63) is 40.5 Å². The summed E-state index contributed by atoms with van der Waals surface area (Å²) in [6, 6.07) is 10.3. The molecule has 0 spiro atoms. The molecule has 0 heterocycles. The number of rotatable bonds is 3. The average Bonchev–Trinajstić information content (AvgIpc) is 2.14. The Labute approximate surface area is 89.1 Å². The molecule has 14 heavy (non-hydrogen) atoms. The molecular formula is C12H18GeO. The zero-order valence-corrected chi connectivity index (χ0v) is 11.5. The Bertz CT molecular complexity index is 309. The van der Waals surface area contributed by atoms with Gasteiger partial charge in [-0.2, -0.15) is 0 Å². The van der Waals surface area contributed by atoms with E-state index in [1.54, 1.807) is 7.11 Å². The van der Waals surface area contributed by atoms with Gasteiger partial charge in [-0.05, 0) is 0 Å². The standard InChI is InChI=1S/C12H18GeO/c1-13(2,3)12(14-4)10-11-8-6-5-7-9-11/h5-10H,1-4H3/b12-10-. The fourth-order valence-electron chi connectivity index (χ4n) is 1.28. The molecule has 1 rings (SSSR count). The molecule has 0 N–H and O–H groups in total. The first-order valence-electron chi connectivity index (χ1n) is 4.85. The van der Waals surface area contributed by atoms with Gasteiger partial charge in [-0.3, -0.25) is 0 Å². The second-order valence-corrected chi connectivity index (χ2v) is 14.8. The summed E-state index contributed by atoms with van der Waals surface area (Å²) in [6.07, 6.45) is 2.17. The van der Waals surface area contributed by atoms with Gasteiger partial charge in [0.15, 0.2) is 0 Å². The van der Waals surface area contributed by atoms with E-state index in [1.165, 1.54) is 10.2 Å². The van der Waals surface area contributed by atoms with Crippen molar-refractivity contribution in [3.63, 3.8) is 0 Å². The van der Waals surface area contributed by atoms with Crippen LogP contribution in [0.15, 0.2) is 34.9 Å². The summed E-state index contributed by atoms with van der Waals surface area (Å²) in [5, 5.41) is 0. The Morgan fingerprint density at radius 2 is 1.71 bits per heavy atom. The molecule has 0 fully saturated rings. The minimum absolute atomic E-state index is 1.19. The summed E-state index contributed by atoms with van der Waals surface area (Å²) in [4.78, 5) is 0. The Kier molecular flexibility index (Phi) is 3.81. The predicted molar refractivity (Wildman–Crippen MR) is 64.8 cm³/mol. The van der Waals surface area contributed by atoms with Crippen molar-refractivity contribution in [2.75, 3.05) is 7.11 Å². The van der Waals surface area contributed by atoms with Crippen LogP contribution in [0.2, 0.25) is 17.3 Å². The topological polar surface area (TPSA) is 9.23 Å². The van der Waals surface area contributed by atoms with E-state index in [-0.39, 0.29) is 0 Å². The van der Waals surface area contributed by atoms with E-state index in [9.17, 15) is 0 Å². The first kappa shape index (κ1) is 11.4. The molecule has 0 aliphatic heterocycles. The van der Waals surface area contributed by atoms with Gasteiger partial charge in [-0.15, -0.1) is 0 Å². The van der Waals surface area contributed by atoms with Crippen LogP contribution < -0.4 is 0 Å². The Hall–Kier alpha value is -0.697. The summed E-state index contributed by atoms with van der Waals surface area (Å²) in [5.74, 6) is 6.99. The number of ether oxygens (including phenoxy) is 1. The SMILES string of the molecule is CO/[C](=C\c1ccccc1)[Ge]([CH3])([CH3])[CH3]. The van der Waals surface area contributed by atoms with Gasteiger partial charge in [0.1, 0.15) is 0 Å². The molecule has 0 bridgehead atoms. The van der Waals surface area contributed by atoms with Crippen molar-refractivity contribution in [1.29, 1.82) is 0 Å². The van der Waals surface area contributed by atoms with E-state index < -0.39 is 13.3 Å². The van der Waals surface area contributed by atoms with Crippen LogP contribution in [0.1, 0.15) is 5.56 Å². The van der Waals surface area contributed by atoms with Gasteiger partial charge in [0, 0.05) is 0 Å². The van der Waals surface area contributed by atoms with Crippen LogP contribution in [0.3, 0.4) is 0 Å². The fraction of sp³-hybridized carbons (Fsp3) is 0.333. The maximum atomic E-state index is 5.46. The van der Waals surface area contributed by atoms with E-state index in [4.69, 9.17) is 4.74 Å². The third-order valence-electron chi connectivity index (χ3n) is 2.06. The van der Waals surface area contributed by atoms with Crippen LogP contribution in [-0.2, 0) is 4.74 Å². The third kappa shape index (κ3) is 3.22. The van der Waals surface area contributed by atoms with Crippen molar-refractivity contribution >= 4 is 19.3 Å². The number of methoxy groups -OCH3 is 1. The minimum atomic E-state index is -1.82. The summed E-state index contributed by atoms with van der Waals surface area (Å²) in [5.41, 5.74) is 1.23. The molecule has 2 heteroatoms. The first-order chi connectivity index (χ1) is 6.54. The quantitative estimate of drug-likeness (QED) is 0.589. The summed E-state index contributed by atoms with van der Waals surface area (Å²) in [6.45, 7) is 0. The molecule has 0 aliphatic rings. The van der Waals surface area contributed by atoms with Crippen molar-refractivity contribution in [2.45, 2.75) is 17.3 Å². The van der Waals surface area contributed by atoms with Gasteiger partial charge in [-0.25, -0.2) is 0 Å². The molecule has 0 saturated carbocycles. The monoisotopic (exact) mass is 252 g/mol. The molecule has 0 aliphatic carbocycles. The van der Waals surface area contributed by atoms with Gasteiger partial charge < -0.3 is 0 Å². The Balaban J connectivity index is 2.96. The third-order valence-corrected chi connectivity index (χ3v) is 5.89. The fourth-order valence-corrected chi connectivity index (χ4v) is 3.83. The maximum absolute atomic E-state index is 5.46. The van der Waals surface area contributed by atoms with E-state index in [0.717, 1.165) is 0 Å². The van der Waals surface area contributed by atoms with Crippen LogP contribution in [0.4, 0.5) is 0 Å². The van der Waals surface area contributed by atoms with Gasteiger partial charge >= 0.3 is 88.9 Å². The zero-order chi connectivity index (χ0) is 10.6. The number of hydrogen-bond donors (Lipinski definition) is 0. The molecule has 1 nitrogen and oxygen atoms in total. The van der Waals surface area contributed by atoms with E-state index in [0.29, 0.717) is 0 Å². The second-order valence-electron chi connectivity index (χ2n) is 4.37. The molecular weight excluding hydrogens is 233 g/mol. The molecule has 0 atom stereocenters. The zero-order valence-electron chi connectivity index (χ0n) is 9.37. The van der Waals surface area contributed by atoms with Crippen LogP contribution >= 0.6 is 0 Å². The molecule has 0 amide bonds.